The van der Waals surface area contributed by atoms with Gasteiger partial charge in [0, 0.05) is 12.6 Å². The molecule has 2 heteroatoms. The first kappa shape index (κ1) is 8.30. The van der Waals surface area contributed by atoms with Crippen molar-refractivity contribution in [2.45, 2.75) is 25.7 Å². The van der Waals surface area contributed by atoms with Gasteiger partial charge in [-0.1, -0.05) is 12.1 Å². The zero-order valence-electron chi connectivity index (χ0n) is 7.71. The average molecular weight is 175 g/mol. The van der Waals surface area contributed by atoms with Gasteiger partial charge in [-0.25, -0.2) is 0 Å². The highest BCUT2D eigenvalue weighted by molar-refractivity contribution is 5.88. The van der Waals surface area contributed by atoms with Crippen LogP contribution in [0.1, 0.15) is 31.2 Å². The molecule has 0 unspecified atom stereocenters. The molecular formula is C11H13NO. The summed E-state index contributed by atoms with van der Waals surface area (Å²) in [6.07, 6.45) is 2.59. The Balaban J connectivity index is 2.16. The van der Waals surface area contributed by atoms with Crippen molar-refractivity contribution in [1.82, 2.24) is 0 Å². The van der Waals surface area contributed by atoms with Gasteiger partial charge in [-0.15, -0.1) is 0 Å². The highest BCUT2D eigenvalue weighted by Crippen LogP contribution is 2.40. The maximum atomic E-state index is 10.8. The Morgan fingerprint density at radius 1 is 1.46 bits per heavy atom. The highest BCUT2D eigenvalue weighted by Gasteiger charge is 2.23. The monoisotopic (exact) mass is 175 g/mol. The number of benzene rings is 1. The van der Waals surface area contributed by atoms with E-state index >= 15 is 0 Å². The number of carbonyl (C=O) groups excluding carboxylic acids is 1. The topological polar surface area (TPSA) is 29.1 Å². The van der Waals surface area contributed by atoms with Crippen molar-refractivity contribution in [3.05, 3.63) is 29.8 Å². The third kappa shape index (κ3) is 2.08. The van der Waals surface area contributed by atoms with Gasteiger partial charge in [0.1, 0.15) is 0 Å². The zero-order chi connectivity index (χ0) is 9.26. The molecule has 0 atom stereocenters. The second-order valence-electron chi connectivity index (χ2n) is 3.58. The summed E-state index contributed by atoms with van der Waals surface area (Å²) < 4.78 is 0. The van der Waals surface area contributed by atoms with Crippen LogP contribution in [0, 0.1) is 0 Å². The molecule has 0 saturated heterocycles. The number of rotatable bonds is 2. The number of nitrogens with one attached hydrogen (secondary N) is 1. The van der Waals surface area contributed by atoms with E-state index in [0.717, 1.165) is 11.6 Å². The van der Waals surface area contributed by atoms with E-state index in [1.807, 2.05) is 12.1 Å². The molecule has 0 radical (unpaired) electrons. The lowest BCUT2D eigenvalue weighted by Gasteiger charge is -2.03. The van der Waals surface area contributed by atoms with E-state index in [9.17, 15) is 4.79 Å². The first-order valence-corrected chi connectivity index (χ1v) is 4.63. The Morgan fingerprint density at radius 3 is 2.85 bits per heavy atom. The van der Waals surface area contributed by atoms with E-state index in [1.165, 1.54) is 25.3 Å². The molecule has 1 fully saturated rings. The van der Waals surface area contributed by atoms with Gasteiger partial charge in [0.2, 0.25) is 5.91 Å². The fraction of sp³-hybridized carbons (Fsp3) is 0.364. The van der Waals surface area contributed by atoms with Gasteiger partial charge in [0.05, 0.1) is 0 Å². The average Bonchev–Trinajstić information content (AvgIpc) is 2.85. The molecule has 0 aromatic heterocycles. The number of carbonyl (C=O) groups is 1. The maximum Gasteiger partial charge on any atom is 0.221 e. The first-order valence-electron chi connectivity index (χ1n) is 4.63. The van der Waals surface area contributed by atoms with E-state index < -0.39 is 0 Å². The van der Waals surface area contributed by atoms with Gasteiger partial charge in [-0.2, -0.15) is 0 Å². The van der Waals surface area contributed by atoms with Crippen LogP contribution in [0.3, 0.4) is 0 Å². The van der Waals surface area contributed by atoms with Crippen LogP contribution in [0.25, 0.3) is 0 Å². The molecule has 1 aromatic carbocycles. The predicted molar refractivity (Wildman–Crippen MR) is 52.7 cm³/mol. The molecule has 1 saturated carbocycles. The standard InChI is InChI=1S/C11H13NO/c1-8(13)12-11-4-2-3-10(7-11)9-5-6-9/h2-4,7,9H,5-6H2,1H3,(H,12,13). The second kappa shape index (κ2) is 3.21. The normalized spacial score (nSPS) is 15.5. The van der Waals surface area contributed by atoms with E-state index in [2.05, 4.69) is 17.4 Å². The molecule has 0 bridgehead atoms. The van der Waals surface area contributed by atoms with Crippen LogP contribution >= 0.6 is 0 Å². The third-order valence-corrected chi connectivity index (χ3v) is 2.26. The molecule has 1 aliphatic carbocycles. The lowest BCUT2D eigenvalue weighted by Crippen LogP contribution is -2.05. The molecule has 1 aliphatic rings. The van der Waals surface area contributed by atoms with Crippen LogP contribution in [0.2, 0.25) is 0 Å². The van der Waals surface area contributed by atoms with Crippen LogP contribution in [-0.2, 0) is 4.79 Å². The van der Waals surface area contributed by atoms with Crippen molar-refractivity contribution in [1.29, 1.82) is 0 Å². The summed E-state index contributed by atoms with van der Waals surface area (Å²) >= 11 is 0. The molecule has 1 amide bonds. The van der Waals surface area contributed by atoms with Crippen LogP contribution in [0.15, 0.2) is 24.3 Å². The van der Waals surface area contributed by atoms with Crippen LogP contribution in [0.4, 0.5) is 5.69 Å². The molecule has 13 heavy (non-hydrogen) atoms. The quantitative estimate of drug-likeness (QED) is 0.735. The predicted octanol–water partition coefficient (Wildman–Crippen LogP) is 2.52. The summed E-state index contributed by atoms with van der Waals surface area (Å²) in [6, 6.07) is 8.12. The Kier molecular flexibility index (Phi) is 2.05. The van der Waals surface area contributed by atoms with Crippen LogP contribution in [0.5, 0.6) is 0 Å². The van der Waals surface area contributed by atoms with Gasteiger partial charge in [-0.05, 0) is 36.5 Å². The Hall–Kier alpha value is -1.31. The van der Waals surface area contributed by atoms with Crippen molar-refractivity contribution in [3.8, 4) is 0 Å². The fourth-order valence-electron chi connectivity index (χ4n) is 1.49. The number of hydrogen-bond acceptors (Lipinski definition) is 1. The van der Waals surface area contributed by atoms with Crippen molar-refractivity contribution in [3.63, 3.8) is 0 Å². The molecule has 2 rings (SSSR count). The third-order valence-electron chi connectivity index (χ3n) is 2.26. The first-order chi connectivity index (χ1) is 6.25. The maximum absolute atomic E-state index is 10.8. The Morgan fingerprint density at radius 2 is 2.23 bits per heavy atom. The summed E-state index contributed by atoms with van der Waals surface area (Å²) in [7, 11) is 0. The number of amides is 1. The number of hydrogen-bond donors (Lipinski definition) is 1. The van der Waals surface area contributed by atoms with E-state index in [0.29, 0.717) is 0 Å². The molecule has 1 N–H and O–H groups in total. The van der Waals surface area contributed by atoms with E-state index in [1.54, 1.807) is 0 Å². The van der Waals surface area contributed by atoms with E-state index in [-0.39, 0.29) is 5.91 Å². The van der Waals surface area contributed by atoms with E-state index in [4.69, 9.17) is 0 Å². The fourth-order valence-corrected chi connectivity index (χ4v) is 1.49. The highest BCUT2D eigenvalue weighted by atomic mass is 16.1. The Bertz CT molecular complexity index is 329. The van der Waals surface area contributed by atoms with Crippen molar-refractivity contribution in [2.75, 3.05) is 5.32 Å². The second-order valence-corrected chi connectivity index (χ2v) is 3.58. The van der Waals surface area contributed by atoms with Gasteiger partial charge in [0.15, 0.2) is 0 Å². The van der Waals surface area contributed by atoms with Gasteiger partial charge in [0.25, 0.3) is 0 Å². The molecule has 68 valence electrons. The lowest BCUT2D eigenvalue weighted by molar-refractivity contribution is -0.114. The van der Waals surface area contributed by atoms with Gasteiger partial charge < -0.3 is 5.32 Å². The zero-order valence-corrected chi connectivity index (χ0v) is 7.71. The largest absolute Gasteiger partial charge is 0.326 e. The van der Waals surface area contributed by atoms with Gasteiger partial charge in [-0.3, -0.25) is 4.79 Å². The molecular weight excluding hydrogens is 162 g/mol. The number of anilines is 1. The van der Waals surface area contributed by atoms with Crippen molar-refractivity contribution < 1.29 is 4.79 Å². The summed E-state index contributed by atoms with van der Waals surface area (Å²) in [4.78, 5) is 10.8. The minimum absolute atomic E-state index is 0.00653. The molecule has 2 nitrogen and oxygen atoms in total. The Labute approximate surface area is 78.0 Å². The summed E-state index contributed by atoms with van der Waals surface area (Å²) in [5.41, 5.74) is 2.27. The molecule has 0 heterocycles. The minimum atomic E-state index is -0.00653. The summed E-state index contributed by atoms with van der Waals surface area (Å²) in [5, 5.41) is 2.79. The molecule has 0 spiro atoms. The van der Waals surface area contributed by atoms with Crippen molar-refractivity contribution >= 4 is 11.6 Å². The molecule has 1 aromatic rings. The molecule has 0 aliphatic heterocycles. The summed E-state index contributed by atoms with van der Waals surface area (Å²) in [5.74, 6) is 0.738. The lowest BCUT2D eigenvalue weighted by atomic mass is 10.1. The van der Waals surface area contributed by atoms with Gasteiger partial charge >= 0.3 is 0 Å². The van der Waals surface area contributed by atoms with Crippen LogP contribution < -0.4 is 5.32 Å². The SMILES string of the molecule is CC(=O)Nc1cccc(C2CC2)c1. The minimum Gasteiger partial charge on any atom is -0.326 e. The summed E-state index contributed by atoms with van der Waals surface area (Å²) in [6.45, 7) is 1.53. The smallest absolute Gasteiger partial charge is 0.221 e. The van der Waals surface area contributed by atoms with Crippen molar-refractivity contribution in [2.24, 2.45) is 0 Å². The van der Waals surface area contributed by atoms with Crippen LogP contribution in [-0.4, -0.2) is 5.91 Å².